The number of piperidine rings is 1. The van der Waals surface area contributed by atoms with Gasteiger partial charge >= 0.3 is 6.09 Å². The molecule has 2 heterocycles. The monoisotopic (exact) mass is 300 g/mol. The van der Waals surface area contributed by atoms with Crippen molar-refractivity contribution in [2.45, 2.75) is 63.3 Å². The normalized spacial score (nSPS) is 31.6. The fraction of sp³-hybridized carbons (Fsp3) is 0.857. The van der Waals surface area contributed by atoms with Crippen LogP contribution in [0.3, 0.4) is 0 Å². The molecule has 5 nitrogen and oxygen atoms in total. The molecular formula is C14H24N2O3S. The number of hydrogen-bond acceptors (Lipinski definition) is 4. The first-order valence-corrected chi connectivity index (χ1v) is 8.26. The van der Waals surface area contributed by atoms with Crippen LogP contribution in [0, 0.1) is 5.92 Å². The lowest BCUT2D eigenvalue weighted by Gasteiger charge is -2.36. The Hall–Kier alpha value is -0.750. The number of amides is 1. The highest BCUT2D eigenvalue weighted by molar-refractivity contribution is 7.91. The molecule has 2 aliphatic heterocycles. The van der Waals surface area contributed by atoms with Crippen molar-refractivity contribution in [1.29, 1.82) is 0 Å². The van der Waals surface area contributed by atoms with Crippen molar-refractivity contribution in [2.75, 3.05) is 7.11 Å². The van der Waals surface area contributed by atoms with E-state index in [-0.39, 0.29) is 22.9 Å². The second-order valence-electron chi connectivity index (χ2n) is 6.61. The van der Waals surface area contributed by atoms with Gasteiger partial charge in [0.05, 0.1) is 13.3 Å². The third-order valence-electron chi connectivity index (χ3n) is 4.05. The fourth-order valence-electron chi connectivity index (χ4n) is 3.04. The molecule has 2 saturated heterocycles. The molecule has 0 aromatic heterocycles. The molecule has 0 saturated carbocycles. The Morgan fingerprint density at radius 3 is 2.35 bits per heavy atom. The van der Waals surface area contributed by atoms with Gasteiger partial charge in [-0.2, -0.15) is 0 Å². The molecule has 0 N–H and O–H groups in total. The van der Waals surface area contributed by atoms with E-state index in [0.29, 0.717) is 5.92 Å². The second kappa shape index (κ2) is 5.93. The molecule has 1 unspecified atom stereocenters. The van der Waals surface area contributed by atoms with E-state index in [2.05, 4.69) is 4.40 Å². The topological polar surface area (TPSA) is 65.0 Å². The summed E-state index contributed by atoms with van der Waals surface area (Å²) in [6.45, 7) is 5.76. The lowest BCUT2D eigenvalue weighted by molar-refractivity contribution is 0.0801. The molecule has 0 radical (unpaired) electrons. The minimum atomic E-state index is -1.20. The van der Waals surface area contributed by atoms with Gasteiger partial charge in [0.15, 0.2) is 0 Å². The van der Waals surface area contributed by atoms with Crippen molar-refractivity contribution < 1.29 is 14.1 Å². The van der Waals surface area contributed by atoms with Crippen LogP contribution < -0.4 is 0 Å². The van der Waals surface area contributed by atoms with Crippen LogP contribution in [0.5, 0.6) is 0 Å². The molecule has 114 valence electrons. The summed E-state index contributed by atoms with van der Waals surface area (Å²) in [5.41, 5.74) is 0. The summed E-state index contributed by atoms with van der Waals surface area (Å²) >= 11 is -1.20. The summed E-state index contributed by atoms with van der Waals surface area (Å²) in [6, 6.07) is 0.501. The number of carbonyl (C=O) groups is 1. The maximum absolute atomic E-state index is 11.9. The zero-order valence-corrected chi connectivity index (χ0v) is 13.5. The Kier molecular flexibility index (Phi) is 4.64. The highest BCUT2D eigenvalue weighted by Gasteiger charge is 2.43. The molecule has 2 fully saturated rings. The van der Waals surface area contributed by atoms with Crippen molar-refractivity contribution in [1.82, 2.24) is 4.90 Å². The molecular weight excluding hydrogens is 276 g/mol. The van der Waals surface area contributed by atoms with Gasteiger partial charge in [0.2, 0.25) is 0 Å². The van der Waals surface area contributed by atoms with Gasteiger partial charge in [-0.15, -0.1) is 0 Å². The van der Waals surface area contributed by atoms with Crippen LogP contribution in [-0.4, -0.2) is 45.7 Å². The van der Waals surface area contributed by atoms with Crippen molar-refractivity contribution in [2.24, 2.45) is 10.3 Å². The van der Waals surface area contributed by atoms with Crippen LogP contribution in [0.25, 0.3) is 0 Å². The van der Waals surface area contributed by atoms with E-state index in [1.807, 2.05) is 31.9 Å². The SMILES string of the molecule is COC(=O)N1[C@@H]2CC[C@H]1C[C@H](/C=N\[S+]([O-])C(C)(C)C)C2. The molecule has 0 aliphatic carbocycles. The number of fused-ring (bicyclic) bond motifs is 2. The van der Waals surface area contributed by atoms with E-state index in [9.17, 15) is 9.35 Å². The maximum atomic E-state index is 11.9. The Morgan fingerprint density at radius 1 is 1.35 bits per heavy atom. The van der Waals surface area contributed by atoms with Gasteiger partial charge in [-0.1, -0.05) is 4.40 Å². The standard InChI is InChI=1S/C14H24N2O3S/c1-14(2,3)20(18)15-9-10-7-11-5-6-12(8-10)16(11)13(17)19-4/h9-12H,5-8H2,1-4H3/b15-9-/t10-,11-,12+,20?. The molecule has 0 aromatic carbocycles. The first kappa shape index (κ1) is 15.6. The molecule has 1 amide bonds. The lowest BCUT2D eigenvalue weighted by atomic mass is 9.92. The fourth-order valence-corrected chi connectivity index (χ4v) is 3.64. The van der Waals surface area contributed by atoms with Crippen molar-refractivity contribution in [3.05, 3.63) is 0 Å². The number of ether oxygens (including phenoxy) is 1. The van der Waals surface area contributed by atoms with Gasteiger partial charge in [0, 0.05) is 18.0 Å². The van der Waals surface area contributed by atoms with Gasteiger partial charge in [0.25, 0.3) is 0 Å². The number of rotatable bonds is 2. The van der Waals surface area contributed by atoms with Crippen LogP contribution in [0.15, 0.2) is 4.40 Å². The van der Waals surface area contributed by atoms with Gasteiger partial charge in [-0.3, -0.25) is 0 Å². The Morgan fingerprint density at radius 2 is 1.90 bits per heavy atom. The predicted molar refractivity (Wildman–Crippen MR) is 80.2 cm³/mol. The van der Waals surface area contributed by atoms with Gasteiger partial charge in [0.1, 0.15) is 16.1 Å². The van der Waals surface area contributed by atoms with E-state index in [1.54, 1.807) is 0 Å². The zero-order valence-electron chi connectivity index (χ0n) is 12.7. The Balaban J connectivity index is 1.96. The minimum absolute atomic E-state index is 0.217. The van der Waals surface area contributed by atoms with Crippen LogP contribution in [0.1, 0.15) is 46.5 Å². The predicted octanol–water partition coefficient (Wildman–Crippen LogP) is 2.53. The maximum Gasteiger partial charge on any atom is 0.409 e. The Labute approximate surface area is 124 Å². The summed E-state index contributed by atoms with van der Waals surface area (Å²) in [5.74, 6) is 0.319. The third kappa shape index (κ3) is 3.28. The number of methoxy groups -OCH3 is 1. The number of carbonyl (C=O) groups excluding carboxylic acids is 1. The average molecular weight is 300 g/mol. The van der Waals surface area contributed by atoms with Gasteiger partial charge in [-0.25, -0.2) is 4.79 Å². The van der Waals surface area contributed by atoms with Gasteiger partial charge in [-0.05, 0) is 46.5 Å². The first-order valence-electron chi connectivity index (χ1n) is 7.15. The molecule has 0 aromatic rings. The molecule has 2 aliphatic rings. The largest absolute Gasteiger partial charge is 0.591 e. The van der Waals surface area contributed by atoms with Crippen molar-refractivity contribution in [3.63, 3.8) is 0 Å². The van der Waals surface area contributed by atoms with E-state index in [0.717, 1.165) is 25.7 Å². The van der Waals surface area contributed by atoms with Gasteiger partial charge < -0.3 is 14.2 Å². The van der Waals surface area contributed by atoms with E-state index < -0.39 is 11.4 Å². The third-order valence-corrected chi connectivity index (χ3v) is 5.41. The van der Waals surface area contributed by atoms with Crippen LogP contribution >= 0.6 is 0 Å². The highest BCUT2D eigenvalue weighted by Crippen LogP contribution is 2.38. The minimum Gasteiger partial charge on any atom is -0.591 e. The number of nitrogens with zero attached hydrogens (tertiary/aromatic N) is 2. The smallest absolute Gasteiger partial charge is 0.409 e. The molecule has 4 atom stereocenters. The van der Waals surface area contributed by atoms with Crippen LogP contribution in [0.4, 0.5) is 4.79 Å². The number of hydrogen-bond donors (Lipinski definition) is 0. The van der Waals surface area contributed by atoms with Crippen molar-refractivity contribution in [3.8, 4) is 0 Å². The zero-order chi connectivity index (χ0) is 14.9. The molecule has 2 rings (SSSR count). The van der Waals surface area contributed by atoms with E-state index >= 15 is 0 Å². The Bertz CT molecular complexity index is 380. The molecule has 6 heteroatoms. The van der Waals surface area contributed by atoms with Crippen molar-refractivity contribution >= 4 is 23.7 Å². The summed E-state index contributed by atoms with van der Waals surface area (Å²) in [4.78, 5) is 13.6. The quantitative estimate of drug-likeness (QED) is 0.581. The van der Waals surface area contributed by atoms with Crippen LogP contribution in [-0.2, 0) is 16.1 Å². The molecule has 2 bridgehead atoms. The van der Waals surface area contributed by atoms with E-state index in [1.165, 1.54) is 7.11 Å². The van der Waals surface area contributed by atoms with Crippen LogP contribution in [0.2, 0.25) is 0 Å². The molecule has 0 spiro atoms. The summed E-state index contributed by atoms with van der Waals surface area (Å²) < 4.78 is 20.7. The summed E-state index contributed by atoms with van der Waals surface area (Å²) in [7, 11) is 1.43. The molecule has 20 heavy (non-hydrogen) atoms. The second-order valence-corrected chi connectivity index (χ2v) is 8.54. The average Bonchev–Trinajstić information content (AvgIpc) is 2.65. The highest BCUT2D eigenvalue weighted by atomic mass is 32.2. The lowest BCUT2D eigenvalue weighted by Crippen LogP contribution is -2.46. The van der Waals surface area contributed by atoms with E-state index in [4.69, 9.17) is 4.74 Å². The summed E-state index contributed by atoms with van der Waals surface area (Å²) in [5, 5.41) is 0. The first-order chi connectivity index (χ1) is 9.32. The summed E-state index contributed by atoms with van der Waals surface area (Å²) in [6.07, 6.45) is 5.50.